The van der Waals surface area contributed by atoms with Gasteiger partial charge in [-0.1, -0.05) is 41.4 Å². The first-order valence-electron chi connectivity index (χ1n) is 7.76. The number of rotatable bonds is 6. The minimum Gasteiger partial charge on any atom is -0.351 e. The standard InChI is InChI=1S/C17H20Cl2N4O2/c1-11-15(17(25)20-9-8-14(24)22(2)3)16(19)23(21-11)10-12-6-4-5-7-13(12)18/h4-7H,8-10H2,1-3H3,(H,20,25). The van der Waals surface area contributed by atoms with Gasteiger partial charge in [0.25, 0.3) is 5.91 Å². The summed E-state index contributed by atoms with van der Waals surface area (Å²) in [6.45, 7) is 2.32. The number of hydrogen-bond acceptors (Lipinski definition) is 3. The van der Waals surface area contributed by atoms with Crippen molar-refractivity contribution in [3.05, 3.63) is 51.3 Å². The molecule has 8 heteroatoms. The van der Waals surface area contributed by atoms with Crippen molar-refractivity contribution in [1.29, 1.82) is 0 Å². The number of hydrogen-bond donors (Lipinski definition) is 1. The molecule has 1 heterocycles. The van der Waals surface area contributed by atoms with Gasteiger partial charge in [0, 0.05) is 32.1 Å². The van der Waals surface area contributed by atoms with E-state index in [-0.39, 0.29) is 29.9 Å². The molecular weight excluding hydrogens is 363 g/mol. The third kappa shape index (κ3) is 4.74. The van der Waals surface area contributed by atoms with Crippen LogP contribution < -0.4 is 5.32 Å². The van der Waals surface area contributed by atoms with E-state index < -0.39 is 0 Å². The van der Waals surface area contributed by atoms with Crippen molar-refractivity contribution in [2.75, 3.05) is 20.6 Å². The van der Waals surface area contributed by atoms with E-state index in [9.17, 15) is 9.59 Å². The predicted octanol–water partition coefficient (Wildman–Crippen LogP) is 2.75. The summed E-state index contributed by atoms with van der Waals surface area (Å²) >= 11 is 12.5. The van der Waals surface area contributed by atoms with Gasteiger partial charge in [0.1, 0.15) is 5.15 Å². The third-order valence-electron chi connectivity index (χ3n) is 3.69. The number of carbonyl (C=O) groups excluding carboxylic acids is 2. The highest BCUT2D eigenvalue weighted by atomic mass is 35.5. The Labute approximate surface area is 156 Å². The molecule has 0 bridgehead atoms. The van der Waals surface area contributed by atoms with Gasteiger partial charge in [-0.2, -0.15) is 5.10 Å². The average Bonchev–Trinajstić information content (AvgIpc) is 2.83. The van der Waals surface area contributed by atoms with Gasteiger partial charge >= 0.3 is 0 Å². The fourth-order valence-electron chi connectivity index (χ4n) is 2.30. The Balaban J connectivity index is 2.09. The van der Waals surface area contributed by atoms with Crippen LogP contribution in [0.15, 0.2) is 24.3 Å². The highest BCUT2D eigenvalue weighted by molar-refractivity contribution is 6.33. The molecule has 1 aromatic heterocycles. The smallest absolute Gasteiger partial charge is 0.256 e. The maximum Gasteiger partial charge on any atom is 0.256 e. The minimum atomic E-state index is -0.348. The first-order valence-corrected chi connectivity index (χ1v) is 8.51. The van der Waals surface area contributed by atoms with Crippen LogP contribution in [-0.2, 0) is 11.3 Å². The van der Waals surface area contributed by atoms with Crippen molar-refractivity contribution in [2.24, 2.45) is 0 Å². The van der Waals surface area contributed by atoms with Crippen LogP contribution in [0.2, 0.25) is 10.2 Å². The predicted molar refractivity (Wildman–Crippen MR) is 98.2 cm³/mol. The molecule has 0 saturated heterocycles. The molecule has 0 aliphatic carbocycles. The topological polar surface area (TPSA) is 67.2 Å². The van der Waals surface area contributed by atoms with Crippen molar-refractivity contribution >= 4 is 35.0 Å². The summed E-state index contributed by atoms with van der Waals surface area (Å²) < 4.78 is 1.54. The molecule has 2 amide bonds. The largest absolute Gasteiger partial charge is 0.351 e. The lowest BCUT2D eigenvalue weighted by atomic mass is 10.2. The van der Waals surface area contributed by atoms with Crippen LogP contribution in [0.1, 0.15) is 28.0 Å². The number of amides is 2. The molecule has 134 valence electrons. The van der Waals surface area contributed by atoms with Crippen LogP contribution in [-0.4, -0.2) is 47.1 Å². The summed E-state index contributed by atoms with van der Waals surface area (Å²) in [7, 11) is 3.34. The summed E-state index contributed by atoms with van der Waals surface area (Å²) in [6.07, 6.45) is 0.225. The SMILES string of the molecule is Cc1nn(Cc2ccccc2Cl)c(Cl)c1C(=O)NCCC(=O)N(C)C. The summed E-state index contributed by atoms with van der Waals surface area (Å²) in [5.41, 5.74) is 1.69. The molecule has 1 N–H and O–H groups in total. The van der Waals surface area contributed by atoms with Gasteiger partial charge in [0.15, 0.2) is 0 Å². The van der Waals surface area contributed by atoms with Crippen molar-refractivity contribution in [3.63, 3.8) is 0 Å². The van der Waals surface area contributed by atoms with Gasteiger partial charge in [0.05, 0.1) is 17.8 Å². The number of halogens is 2. The van der Waals surface area contributed by atoms with E-state index in [0.717, 1.165) is 5.56 Å². The molecule has 2 rings (SSSR count). The molecule has 25 heavy (non-hydrogen) atoms. The van der Waals surface area contributed by atoms with Crippen molar-refractivity contribution in [2.45, 2.75) is 19.9 Å². The zero-order valence-electron chi connectivity index (χ0n) is 14.3. The van der Waals surface area contributed by atoms with E-state index >= 15 is 0 Å². The monoisotopic (exact) mass is 382 g/mol. The summed E-state index contributed by atoms with van der Waals surface area (Å²) in [5.74, 6) is -0.406. The second-order valence-corrected chi connectivity index (χ2v) is 6.56. The molecule has 0 spiro atoms. The lowest BCUT2D eigenvalue weighted by Crippen LogP contribution is -2.30. The zero-order chi connectivity index (χ0) is 18.6. The molecular formula is C17H20Cl2N4O2. The zero-order valence-corrected chi connectivity index (χ0v) is 15.9. The summed E-state index contributed by atoms with van der Waals surface area (Å²) in [5, 5.41) is 7.89. The molecule has 0 atom stereocenters. The second kappa shape index (κ2) is 8.36. The molecule has 0 aliphatic heterocycles. The fourth-order valence-corrected chi connectivity index (χ4v) is 2.81. The van der Waals surface area contributed by atoms with Crippen LogP contribution in [0.3, 0.4) is 0 Å². The molecule has 0 aliphatic rings. The number of nitrogens with one attached hydrogen (secondary N) is 1. The number of nitrogens with zero attached hydrogens (tertiary/aromatic N) is 3. The fraction of sp³-hybridized carbons (Fsp3) is 0.353. The van der Waals surface area contributed by atoms with E-state index in [1.807, 2.05) is 18.2 Å². The summed E-state index contributed by atoms with van der Waals surface area (Å²) in [4.78, 5) is 25.4. The number of aryl methyl sites for hydroxylation is 1. The van der Waals surface area contributed by atoms with E-state index in [2.05, 4.69) is 10.4 Å². The van der Waals surface area contributed by atoms with Gasteiger partial charge in [-0.25, -0.2) is 4.68 Å². The van der Waals surface area contributed by atoms with Gasteiger partial charge < -0.3 is 10.2 Å². The van der Waals surface area contributed by atoms with Crippen molar-refractivity contribution in [3.8, 4) is 0 Å². The number of aromatic nitrogens is 2. The van der Waals surface area contributed by atoms with Gasteiger partial charge in [-0.3, -0.25) is 9.59 Å². The Morgan fingerprint density at radius 1 is 1.24 bits per heavy atom. The first kappa shape index (κ1) is 19.3. The normalized spacial score (nSPS) is 10.6. The maximum atomic E-state index is 12.4. The van der Waals surface area contributed by atoms with E-state index in [1.165, 1.54) is 9.58 Å². The second-order valence-electron chi connectivity index (χ2n) is 5.79. The quantitative estimate of drug-likeness (QED) is 0.834. The molecule has 0 radical (unpaired) electrons. The van der Waals surface area contributed by atoms with Gasteiger partial charge in [0.2, 0.25) is 5.91 Å². The van der Waals surface area contributed by atoms with Crippen LogP contribution in [0.4, 0.5) is 0 Å². The van der Waals surface area contributed by atoms with Crippen molar-refractivity contribution < 1.29 is 9.59 Å². The Bertz CT molecular complexity index is 787. The molecule has 2 aromatic rings. The van der Waals surface area contributed by atoms with Crippen LogP contribution in [0, 0.1) is 6.92 Å². The van der Waals surface area contributed by atoms with Crippen molar-refractivity contribution in [1.82, 2.24) is 20.0 Å². The Morgan fingerprint density at radius 2 is 1.92 bits per heavy atom. The Kier molecular flexibility index (Phi) is 6.45. The highest BCUT2D eigenvalue weighted by Gasteiger charge is 2.20. The number of benzene rings is 1. The lowest BCUT2D eigenvalue weighted by Gasteiger charge is -2.10. The number of carbonyl (C=O) groups is 2. The third-order valence-corrected chi connectivity index (χ3v) is 4.45. The Morgan fingerprint density at radius 3 is 2.56 bits per heavy atom. The van der Waals surface area contributed by atoms with Crippen LogP contribution in [0.5, 0.6) is 0 Å². The van der Waals surface area contributed by atoms with E-state index in [4.69, 9.17) is 23.2 Å². The average molecular weight is 383 g/mol. The van der Waals surface area contributed by atoms with Crippen LogP contribution >= 0.6 is 23.2 Å². The molecule has 0 unspecified atom stereocenters. The van der Waals surface area contributed by atoms with Crippen LogP contribution in [0.25, 0.3) is 0 Å². The van der Waals surface area contributed by atoms with E-state index in [1.54, 1.807) is 27.1 Å². The molecule has 1 aromatic carbocycles. The van der Waals surface area contributed by atoms with Gasteiger partial charge in [-0.05, 0) is 18.6 Å². The first-order chi connectivity index (χ1) is 11.8. The summed E-state index contributed by atoms with van der Waals surface area (Å²) in [6, 6.07) is 7.38. The Hall–Kier alpha value is -2.05. The lowest BCUT2D eigenvalue weighted by molar-refractivity contribution is -0.128. The van der Waals surface area contributed by atoms with Gasteiger partial charge in [-0.15, -0.1) is 0 Å². The highest BCUT2D eigenvalue weighted by Crippen LogP contribution is 2.23. The minimum absolute atomic E-state index is 0.0578. The molecule has 6 nitrogen and oxygen atoms in total. The maximum absolute atomic E-state index is 12.4. The molecule has 0 saturated carbocycles. The molecule has 0 fully saturated rings. The van der Waals surface area contributed by atoms with E-state index in [0.29, 0.717) is 22.8 Å².